The predicted molar refractivity (Wildman–Crippen MR) is 101 cm³/mol. The monoisotopic (exact) mass is 426 g/mol. The van der Waals surface area contributed by atoms with Gasteiger partial charge in [-0.05, 0) is 45.6 Å². The number of methoxy groups -OCH3 is 1. The van der Waals surface area contributed by atoms with Crippen LogP contribution < -0.4 is 15.4 Å². The zero-order chi connectivity index (χ0) is 19.3. The molecule has 2 N–H and O–H groups in total. The molecule has 0 aliphatic heterocycles. The maximum atomic E-state index is 13.8. The molecule has 0 spiro atoms. The van der Waals surface area contributed by atoms with E-state index in [2.05, 4.69) is 26.6 Å². The molecule has 2 aromatic rings. The molecule has 7 heteroatoms. The fraction of sp³-hybridized carbons (Fsp3) is 0.316. The summed E-state index contributed by atoms with van der Waals surface area (Å²) in [4.78, 5) is 12.2. The van der Waals surface area contributed by atoms with E-state index in [1.165, 1.54) is 0 Å². The van der Waals surface area contributed by atoms with Gasteiger partial charge in [-0.1, -0.05) is 26.0 Å². The van der Waals surface area contributed by atoms with Gasteiger partial charge in [0, 0.05) is 16.6 Å². The predicted octanol–water partition coefficient (Wildman–Crippen LogP) is 4.66. The van der Waals surface area contributed by atoms with E-state index in [-0.39, 0.29) is 28.7 Å². The van der Waals surface area contributed by atoms with Gasteiger partial charge in [-0.25, -0.2) is 8.78 Å². The van der Waals surface area contributed by atoms with Crippen molar-refractivity contribution in [2.45, 2.75) is 19.9 Å². The minimum atomic E-state index is -0.833. The second kappa shape index (κ2) is 9.09. The fourth-order valence-electron chi connectivity index (χ4n) is 2.60. The lowest BCUT2D eigenvalue weighted by Crippen LogP contribution is -2.33. The minimum absolute atomic E-state index is 0.0157. The summed E-state index contributed by atoms with van der Waals surface area (Å²) in [6.45, 7) is 4.06. The van der Waals surface area contributed by atoms with Gasteiger partial charge >= 0.3 is 0 Å². The first kappa shape index (κ1) is 20.3. The van der Waals surface area contributed by atoms with E-state index in [1.54, 1.807) is 7.11 Å². The van der Waals surface area contributed by atoms with Gasteiger partial charge in [-0.15, -0.1) is 0 Å². The number of ether oxygens (including phenoxy) is 1. The third-order valence-corrected chi connectivity index (χ3v) is 4.52. The number of halogens is 3. The van der Waals surface area contributed by atoms with E-state index in [0.717, 1.165) is 23.4 Å². The lowest BCUT2D eigenvalue weighted by Gasteiger charge is -2.23. The Hall–Kier alpha value is -1.99. The highest BCUT2D eigenvalue weighted by molar-refractivity contribution is 9.10. The van der Waals surface area contributed by atoms with Crippen molar-refractivity contribution in [2.24, 2.45) is 5.92 Å². The number of anilines is 1. The van der Waals surface area contributed by atoms with Crippen molar-refractivity contribution < 1.29 is 18.3 Å². The second-order valence-corrected chi connectivity index (χ2v) is 7.02. The van der Waals surface area contributed by atoms with Crippen molar-refractivity contribution >= 4 is 27.5 Å². The van der Waals surface area contributed by atoms with Crippen molar-refractivity contribution in [3.63, 3.8) is 0 Å². The first-order valence-corrected chi connectivity index (χ1v) is 8.93. The summed E-state index contributed by atoms with van der Waals surface area (Å²) < 4.78 is 32.2. The van der Waals surface area contributed by atoms with Gasteiger partial charge in [0.25, 0.3) is 0 Å². The highest BCUT2D eigenvalue weighted by Crippen LogP contribution is 2.27. The minimum Gasteiger partial charge on any atom is -0.497 e. The highest BCUT2D eigenvalue weighted by Gasteiger charge is 2.18. The molecule has 1 unspecified atom stereocenters. The van der Waals surface area contributed by atoms with Crippen LogP contribution in [0.4, 0.5) is 14.5 Å². The Kier molecular flexibility index (Phi) is 7.11. The smallest absolute Gasteiger partial charge is 0.238 e. The first-order valence-electron chi connectivity index (χ1n) is 8.13. The lowest BCUT2D eigenvalue weighted by molar-refractivity contribution is -0.115. The molecule has 0 saturated carbocycles. The molecular formula is C19H21BrF2N2O2. The number of rotatable bonds is 7. The van der Waals surface area contributed by atoms with Crippen LogP contribution in [0.1, 0.15) is 25.5 Å². The van der Waals surface area contributed by atoms with E-state index in [9.17, 15) is 13.6 Å². The van der Waals surface area contributed by atoms with Gasteiger partial charge in [-0.2, -0.15) is 0 Å². The van der Waals surface area contributed by atoms with Gasteiger partial charge in [-0.3, -0.25) is 4.79 Å². The number of carbonyl (C=O) groups excluding carboxylic acids is 1. The van der Waals surface area contributed by atoms with Crippen LogP contribution in [0, 0.1) is 17.6 Å². The van der Waals surface area contributed by atoms with E-state index in [1.807, 2.05) is 38.1 Å². The Morgan fingerprint density at radius 3 is 2.38 bits per heavy atom. The maximum Gasteiger partial charge on any atom is 0.238 e. The molecule has 1 amide bonds. The Balaban J connectivity index is 2.03. The molecule has 0 saturated heterocycles. The molecule has 0 aliphatic carbocycles. The molecule has 26 heavy (non-hydrogen) atoms. The number of carbonyl (C=O) groups is 1. The van der Waals surface area contributed by atoms with E-state index in [0.29, 0.717) is 0 Å². The van der Waals surface area contributed by atoms with Crippen molar-refractivity contribution in [1.29, 1.82) is 0 Å². The summed E-state index contributed by atoms with van der Waals surface area (Å²) in [5, 5.41) is 5.64. The van der Waals surface area contributed by atoms with Crippen LogP contribution in [-0.2, 0) is 4.79 Å². The van der Waals surface area contributed by atoms with Gasteiger partial charge in [0.05, 0.1) is 19.3 Å². The molecule has 4 nitrogen and oxygen atoms in total. The van der Waals surface area contributed by atoms with Crippen LogP contribution in [0.2, 0.25) is 0 Å². The average molecular weight is 427 g/mol. The summed E-state index contributed by atoms with van der Waals surface area (Å²) in [5.41, 5.74) is 0.937. The lowest BCUT2D eigenvalue weighted by atomic mass is 9.96. The van der Waals surface area contributed by atoms with E-state index >= 15 is 0 Å². The molecule has 1 atom stereocenters. The molecule has 140 valence electrons. The molecule has 0 bridgehead atoms. The summed E-state index contributed by atoms with van der Waals surface area (Å²) in [6, 6.07) is 9.35. The van der Waals surface area contributed by atoms with Crippen LogP contribution in [0.15, 0.2) is 40.9 Å². The zero-order valence-electron chi connectivity index (χ0n) is 14.8. The number of benzene rings is 2. The quantitative estimate of drug-likeness (QED) is 0.676. The van der Waals surface area contributed by atoms with Crippen molar-refractivity contribution in [2.75, 3.05) is 19.0 Å². The van der Waals surface area contributed by atoms with Crippen molar-refractivity contribution in [1.82, 2.24) is 5.32 Å². The Morgan fingerprint density at radius 1 is 1.19 bits per heavy atom. The Bertz CT molecular complexity index is 744. The Morgan fingerprint density at radius 2 is 1.85 bits per heavy atom. The SMILES string of the molecule is COc1ccc(C(NCC(=O)Nc2c(F)cc(F)cc2Br)C(C)C)cc1. The molecule has 2 rings (SSSR count). The normalized spacial score (nSPS) is 12.1. The fourth-order valence-corrected chi connectivity index (χ4v) is 3.10. The second-order valence-electron chi connectivity index (χ2n) is 6.17. The molecule has 0 fully saturated rings. The largest absolute Gasteiger partial charge is 0.497 e. The molecule has 0 aliphatic rings. The first-order chi connectivity index (χ1) is 12.3. The number of nitrogens with one attached hydrogen (secondary N) is 2. The third kappa shape index (κ3) is 5.25. The van der Waals surface area contributed by atoms with Crippen LogP contribution in [0.3, 0.4) is 0 Å². The summed E-state index contributed by atoms with van der Waals surface area (Å²) in [7, 11) is 1.60. The van der Waals surface area contributed by atoms with Crippen LogP contribution in [0.25, 0.3) is 0 Å². The summed E-state index contributed by atoms with van der Waals surface area (Å²) in [6.07, 6.45) is 0. The molecule has 2 aromatic carbocycles. The number of hydrogen-bond donors (Lipinski definition) is 2. The van der Waals surface area contributed by atoms with Crippen molar-refractivity contribution in [3.05, 3.63) is 58.1 Å². The standard InChI is InChI=1S/C19H21BrF2N2O2/c1-11(2)18(12-4-6-14(26-3)7-5-12)23-10-17(25)24-19-15(20)8-13(21)9-16(19)22/h4-9,11,18,23H,10H2,1-3H3,(H,24,25). The summed E-state index contributed by atoms with van der Waals surface area (Å²) in [5.74, 6) is -0.989. The van der Waals surface area contributed by atoms with Crippen LogP contribution in [-0.4, -0.2) is 19.6 Å². The topological polar surface area (TPSA) is 50.4 Å². The van der Waals surface area contributed by atoms with Crippen LogP contribution >= 0.6 is 15.9 Å². The summed E-state index contributed by atoms with van der Waals surface area (Å²) >= 11 is 3.05. The highest BCUT2D eigenvalue weighted by atomic mass is 79.9. The molecular weight excluding hydrogens is 406 g/mol. The van der Waals surface area contributed by atoms with Gasteiger partial charge in [0.1, 0.15) is 11.6 Å². The van der Waals surface area contributed by atoms with E-state index < -0.39 is 17.5 Å². The van der Waals surface area contributed by atoms with Gasteiger partial charge in [0.15, 0.2) is 5.82 Å². The average Bonchev–Trinajstić information content (AvgIpc) is 2.58. The van der Waals surface area contributed by atoms with Gasteiger partial charge < -0.3 is 15.4 Å². The van der Waals surface area contributed by atoms with Crippen molar-refractivity contribution in [3.8, 4) is 5.75 Å². The van der Waals surface area contributed by atoms with Crippen LogP contribution in [0.5, 0.6) is 5.75 Å². The number of amides is 1. The molecule has 0 heterocycles. The Labute approximate surface area is 160 Å². The molecule has 0 radical (unpaired) electrons. The van der Waals surface area contributed by atoms with E-state index in [4.69, 9.17) is 4.74 Å². The zero-order valence-corrected chi connectivity index (χ0v) is 16.4. The third-order valence-electron chi connectivity index (χ3n) is 3.90. The number of hydrogen-bond acceptors (Lipinski definition) is 3. The molecule has 0 aromatic heterocycles. The van der Waals surface area contributed by atoms with Gasteiger partial charge in [0.2, 0.25) is 5.91 Å². The maximum absolute atomic E-state index is 13.8.